The van der Waals surface area contributed by atoms with Crippen LogP contribution < -0.4 is 5.32 Å². The van der Waals surface area contributed by atoms with Crippen molar-refractivity contribution in [2.45, 2.75) is 12.1 Å². The second-order valence-corrected chi connectivity index (χ2v) is 8.44. The van der Waals surface area contributed by atoms with Crippen LogP contribution in [-0.2, 0) is 4.79 Å². The first-order valence-electron chi connectivity index (χ1n) is 9.87. The second kappa shape index (κ2) is 9.85. The highest BCUT2D eigenvalue weighted by Crippen LogP contribution is 2.30. The van der Waals surface area contributed by atoms with E-state index in [1.54, 1.807) is 6.07 Å². The molecule has 1 N–H and O–H groups in total. The maximum Gasteiger partial charge on any atom is 0.271 e. The van der Waals surface area contributed by atoms with Gasteiger partial charge >= 0.3 is 0 Å². The Kier molecular flexibility index (Phi) is 6.71. The maximum atomic E-state index is 12.5. The van der Waals surface area contributed by atoms with E-state index in [4.69, 9.17) is 11.6 Å². The van der Waals surface area contributed by atoms with Crippen molar-refractivity contribution >= 4 is 40.6 Å². The predicted molar refractivity (Wildman–Crippen MR) is 129 cm³/mol. The van der Waals surface area contributed by atoms with E-state index in [1.807, 2.05) is 60.0 Å². The summed E-state index contributed by atoms with van der Waals surface area (Å²) in [6, 6.07) is 21.1. The van der Waals surface area contributed by atoms with Gasteiger partial charge in [0.1, 0.15) is 0 Å². The van der Waals surface area contributed by atoms with E-state index >= 15 is 0 Å². The molecule has 33 heavy (non-hydrogen) atoms. The molecule has 0 bridgehead atoms. The molecule has 0 atom stereocenters. The number of non-ortho nitro benzene ring substituents is 1. The molecule has 1 amide bonds. The molecule has 0 saturated heterocycles. The molecule has 0 aliphatic heterocycles. The zero-order valence-electron chi connectivity index (χ0n) is 17.4. The molecule has 0 spiro atoms. The van der Waals surface area contributed by atoms with Gasteiger partial charge in [-0.2, -0.15) is 0 Å². The monoisotopic (exact) mass is 479 g/mol. The topological polar surface area (TPSA) is 103 Å². The zero-order valence-corrected chi connectivity index (χ0v) is 19.0. The highest BCUT2D eigenvalue weighted by atomic mass is 35.5. The number of nitro benzene ring substituents is 1. The first-order valence-corrected chi connectivity index (χ1v) is 11.2. The molecular formula is C23H18ClN5O3S. The third-order valence-corrected chi connectivity index (χ3v) is 6.09. The van der Waals surface area contributed by atoms with E-state index in [0.29, 0.717) is 21.7 Å². The number of thioether (sulfide) groups is 1. The van der Waals surface area contributed by atoms with Crippen LogP contribution >= 0.6 is 23.4 Å². The highest BCUT2D eigenvalue weighted by molar-refractivity contribution is 7.99. The quantitative estimate of drug-likeness (QED) is 0.212. The number of benzene rings is 3. The van der Waals surface area contributed by atoms with E-state index in [9.17, 15) is 14.9 Å². The first kappa shape index (κ1) is 22.5. The Hall–Kier alpha value is -3.69. The van der Waals surface area contributed by atoms with Gasteiger partial charge in [-0.05, 0) is 30.7 Å². The van der Waals surface area contributed by atoms with Crippen LogP contribution in [0.3, 0.4) is 0 Å². The Morgan fingerprint density at radius 1 is 1.09 bits per heavy atom. The lowest BCUT2D eigenvalue weighted by Gasteiger charge is -2.12. The van der Waals surface area contributed by atoms with Gasteiger partial charge < -0.3 is 5.32 Å². The summed E-state index contributed by atoms with van der Waals surface area (Å²) in [6.07, 6.45) is 0. The first-order chi connectivity index (χ1) is 15.9. The highest BCUT2D eigenvalue weighted by Gasteiger charge is 2.18. The minimum atomic E-state index is -0.509. The number of hydrogen-bond donors (Lipinski definition) is 1. The molecule has 4 aromatic rings. The minimum absolute atomic E-state index is 0.0369. The number of aryl methyl sites for hydroxylation is 1. The lowest BCUT2D eigenvalue weighted by molar-refractivity contribution is -0.384. The number of nitro groups is 1. The number of nitrogens with one attached hydrogen (secondary N) is 1. The van der Waals surface area contributed by atoms with Gasteiger partial charge in [0, 0.05) is 28.4 Å². The summed E-state index contributed by atoms with van der Waals surface area (Å²) in [5.41, 5.74) is 2.85. The lowest BCUT2D eigenvalue weighted by Crippen LogP contribution is -2.14. The third kappa shape index (κ3) is 5.21. The van der Waals surface area contributed by atoms with Crippen molar-refractivity contribution in [1.29, 1.82) is 0 Å². The molecule has 0 aliphatic carbocycles. The number of carbonyl (C=O) groups is 1. The van der Waals surface area contributed by atoms with Crippen molar-refractivity contribution < 1.29 is 9.72 Å². The zero-order chi connectivity index (χ0) is 23.4. The van der Waals surface area contributed by atoms with Crippen molar-refractivity contribution in [3.8, 4) is 17.1 Å². The van der Waals surface area contributed by atoms with E-state index in [1.165, 1.54) is 30.0 Å². The van der Waals surface area contributed by atoms with Crippen molar-refractivity contribution in [3.63, 3.8) is 0 Å². The largest absolute Gasteiger partial charge is 0.325 e. The summed E-state index contributed by atoms with van der Waals surface area (Å²) in [7, 11) is 0. The average Bonchev–Trinajstić information content (AvgIpc) is 3.24. The van der Waals surface area contributed by atoms with Crippen molar-refractivity contribution in [2.24, 2.45) is 0 Å². The smallest absolute Gasteiger partial charge is 0.271 e. The Balaban J connectivity index is 1.59. The Morgan fingerprint density at radius 2 is 1.88 bits per heavy atom. The summed E-state index contributed by atoms with van der Waals surface area (Å²) in [4.78, 5) is 22.9. The van der Waals surface area contributed by atoms with Crippen LogP contribution in [0.5, 0.6) is 0 Å². The molecule has 0 radical (unpaired) electrons. The Morgan fingerprint density at radius 3 is 2.61 bits per heavy atom. The number of nitrogens with zero attached hydrogens (tertiary/aromatic N) is 4. The van der Waals surface area contributed by atoms with Crippen LogP contribution in [0.15, 0.2) is 78.0 Å². The van der Waals surface area contributed by atoms with Gasteiger partial charge in [0.05, 0.1) is 16.4 Å². The average molecular weight is 480 g/mol. The number of carbonyl (C=O) groups excluding carboxylic acids is 1. The van der Waals surface area contributed by atoms with E-state index in [0.717, 1.165) is 16.8 Å². The predicted octanol–water partition coefficient (Wildman–Crippen LogP) is 5.54. The molecule has 4 rings (SSSR count). The van der Waals surface area contributed by atoms with Crippen LogP contribution in [0.25, 0.3) is 17.1 Å². The number of hydrogen-bond acceptors (Lipinski definition) is 6. The van der Waals surface area contributed by atoms with Crippen LogP contribution in [0.2, 0.25) is 5.02 Å². The standard InChI is InChI=1S/C23H18ClN5O3S/c1-15-10-11-18(13-20(15)24)28-22(16-6-3-2-4-7-16)26-27-23(28)33-14-21(30)25-17-8-5-9-19(12-17)29(31)32/h2-13H,14H2,1H3,(H,25,30). The lowest BCUT2D eigenvalue weighted by atomic mass is 10.2. The number of anilines is 1. The van der Waals surface area contributed by atoms with Crippen LogP contribution in [0.4, 0.5) is 11.4 Å². The molecule has 166 valence electrons. The normalized spacial score (nSPS) is 10.7. The molecule has 0 fully saturated rings. The van der Waals surface area contributed by atoms with Crippen molar-refractivity contribution in [2.75, 3.05) is 11.1 Å². The molecule has 0 saturated carbocycles. The number of rotatable bonds is 7. The van der Waals surface area contributed by atoms with Gasteiger partial charge in [-0.15, -0.1) is 10.2 Å². The Labute approximate surface area is 198 Å². The van der Waals surface area contributed by atoms with Crippen molar-refractivity contribution in [1.82, 2.24) is 14.8 Å². The summed E-state index contributed by atoms with van der Waals surface area (Å²) in [5, 5.41) is 23.4. The molecule has 1 heterocycles. The van der Waals surface area contributed by atoms with Gasteiger partial charge in [-0.1, -0.05) is 65.8 Å². The van der Waals surface area contributed by atoms with Crippen LogP contribution in [0, 0.1) is 17.0 Å². The fourth-order valence-corrected chi connectivity index (χ4v) is 4.04. The van der Waals surface area contributed by atoms with Gasteiger partial charge in [-0.25, -0.2) is 0 Å². The van der Waals surface area contributed by atoms with Gasteiger partial charge in [0.15, 0.2) is 11.0 Å². The minimum Gasteiger partial charge on any atom is -0.325 e. The SMILES string of the molecule is Cc1ccc(-n2c(SCC(=O)Nc3cccc([N+](=O)[O-])c3)nnc2-c2ccccc2)cc1Cl. The fourth-order valence-electron chi connectivity index (χ4n) is 3.12. The molecule has 3 aromatic carbocycles. The van der Waals surface area contributed by atoms with Crippen LogP contribution in [0.1, 0.15) is 5.56 Å². The molecule has 10 heteroatoms. The summed E-state index contributed by atoms with van der Waals surface area (Å²) in [6.45, 7) is 1.92. The number of halogens is 1. The molecule has 0 unspecified atom stereocenters. The van der Waals surface area contributed by atoms with Gasteiger partial charge in [0.25, 0.3) is 5.69 Å². The molecule has 1 aromatic heterocycles. The third-order valence-electron chi connectivity index (χ3n) is 4.75. The van der Waals surface area contributed by atoms with Crippen LogP contribution in [-0.4, -0.2) is 31.3 Å². The Bertz CT molecular complexity index is 1330. The molecule has 8 nitrogen and oxygen atoms in total. The number of aromatic nitrogens is 3. The molecular weight excluding hydrogens is 462 g/mol. The van der Waals surface area contributed by atoms with E-state index in [2.05, 4.69) is 15.5 Å². The maximum absolute atomic E-state index is 12.5. The second-order valence-electron chi connectivity index (χ2n) is 7.09. The fraction of sp³-hybridized carbons (Fsp3) is 0.0870. The molecule has 0 aliphatic rings. The summed E-state index contributed by atoms with van der Waals surface area (Å²) >= 11 is 7.57. The van der Waals surface area contributed by atoms with Gasteiger partial charge in [0.2, 0.25) is 5.91 Å². The van der Waals surface area contributed by atoms with E-state index in [-0.39, 0.29) is 17.3 Å². The van der Waals surface area contributed by atoms with Gasteiger partial charge in [-0.3, -0.25) is 19.5 Å². The summed E-state index contributed by atoms with van der Waals surface area (Å²) < 4.78 is 1.85. The van der Waals surface area contributed by atoms with Crippen molar-refractivity contribution in [3.05, 3.63) is 93.5 Å². The number of amides is 1. The summed E-state index contributed by atoms with van der Waals surface area (Å²) in [5.74, 6) is 0.338. The van der Waals surface area contributed by atoms with E-state index < -0.39 is 4.92 Å².